The molecular weight excluding hydrogens is 438 g/mol. The molecule has 0 aliphatic heterocycles. The molecule has 2 rings (SSSR count). The van der Waals surface area contributed by atoms with Crippen LogP contribution in [0.25, 0.3) is 0 Å². The molecule has 2 aromatic rings. The molecule has 34 heavy (non-hydrogen) atoms. The van der Waals surface area contributed by atoms with E-state index in [9.17, 15) is 14.4 Å². The monoisotopic (exact) mass is 471 g/mol. The summed E-state index contributed by atoms with van der Waals surface area (Å²) in [4.78, 5) is 37.1. The molecular formula is C25H33N3O6. The lowest BCUT2D eigenvalue weighted by Crippen LogP contribution is -2.49. The maximum absolute atomic E-state index is 13.0. The van der Waals surface area contributed by atoms with Gasteiger partial charge in [0.1, 0.15) is 17.5 Å². The molecule has 3 amide bonds. The Morgan fingerprint density at radius 3 is 2.18 bits per heavy atom. The summed E-state index contributed by atoms with van der Waals surface area (Å²) in [5.41, 5.74) is 2.46. The van der Waals surface area contributed by atoms with Crippen LogP contribution < -0.4 is 25.6 Å². The lowest BCUT2D eigenvalue weighted by molar-refractivity contribution is -0.136. The molecule has 4 N–H and O–H groups in total. The van der Waals surface area contributed by atoms with Gasteiger partial charge in [-0.25, -0.2) is 5.48 Å². The number of ether oxygens (including phenoxy) is 2. The van der Waals surface area contributed by atoms with Gasteiger partial charge in [0, 0.05) is 25.8 Å². The molecule has 2 atom stereocenters. The summed E-state index contributed by atoms with van der Waals surface area (Å²) >= 11 is 0. The average Bonchev–Trinajstić information content (AvgIpc) is 2.86. The molecule has 2 aromatic carbocycles. The Bertz CT molecular complexity index is 905. The molecule has 0 saturated heterocycles. The summed E-state index contributed by atoms with van der Waals surface area (Å²) in [6.07, 6.45) is 0.929. The SMILES string of the molecule is CCOc1ccc(OCCC[C@H](CC(=O)NO)C(=O)N[C@@H](Cc2ccccc2)C(=O)NC)cc1. The number of carbonyl (C=O) groups excluding carboxylic acids is 3. The first kappa shape index (κ1) is 26.7. The largest absolute Gasteiger partial charge is 0.494 e. The molecule has 0 aliphatic carbocycles. The molecule has 0 unspecified atom stereocenters. The van der Waals surface area contributed by atoms with E-state index in [2.05, 4.69) is 10.6 Å². The van der Waals surface area contributed by atoms with E-state index < -0.39 is 23.8 Å². The van der Waals surface area contributed by atoms with Crippen molar-refractivity contribution in [2.75, 3.05) is 20.3 Å². The smallest absolute Gasteiger partial charge is 0.244 e. The van der Waals surface area contributed by atoms with Crippen molar-refractivity contribution in [2.24, 2.45) is 5.92 Å². The number of hydrogen-bond donors (Lipinski definition) is 4. The topological polar surface area (TPSA) is 126 Å². The van der Waals surface area contributed by atoms with E-state index in [1.54, 1.807) is 17.6 Å². The molecule has 0 aromatic heterocycles. The van der Waals surface area contributed by atoms with Crippen molar-refractivity contribution in [1.29, 1.82) is 0 Å². The van der Waals surface area contributed by atoms with Gasteiger partial charge >= 0.3 is 0 Å². The molecule has 0 radical (unpaired) electrons. The zero-order valence-corrected chi connectivity index (χ0v) is 19.6. The highest BCUT2D eigenvalue weighted by Gasteiger charge is 2.27. The number of hydrogen-bond acceptors (Lipinski definition) is 6. The molecule has 9 heteroatoms. The van der Waals surface area contributed by atoms with E-state index in [4.69, 9.17) is 14.7 Å². The van der Waals surface area contributed by atoms with Gasteiger partial charge in [0.15, 0.2) is 0 Å². The third-order valence-corrected chi connectivity index (χ3v) is 5.19. The van der Waals surface area contributed by atoms with E-state index in [0.29, 0.717) is 38.2 Å². The minimum Gasteiger partial charge on any atom is -0.494 e. The van der Waals surface area contributed by atoms with Crippen LogP contribution in [0.2, 0.25) is 0 Å². The Morgan fingerprint density at radius 1 is 0.941 bits per heavy atom. The van der Waals surface area contributed by atoms with Gasteiger partial charge in [0.2, 0.25) is 17.7 Å². The first-order valence-corrected chi connectivity index (χ1v) is 11.3. The third kappa shape index (κ3) is 9.11. The summed E-state index contributed by atoms with van der Waals surface area (Å²) in [5.74, 6) is -0.760. The summed E-state index contributed by atoms with van der Waals surface area (Å²) in [6.45, 7) is 2.82. The number of likely N-dealkylation sites (N-methyl/N-ethyl adjacent to an activating group) is 1. The minimum atomic E-state index is -0.792. The first-order chi connectivity index (χ1) is 16.5. The highest BCUT2D eigenvalue weighted by Crippen LogP contribution is 2.19. The van der Waals surface area contributed by atoms with E-state index >= 15 is 0 Å². The van der Waals surface area contributed by atoms with Crippen LogP contribution in [0.3, 0.4) is 0 Å². The quantitative estimate of drug-likeness (QED) is 0.190. The highest BCUT2D eigenvalue weighted by molar-refractivity contribution is 5.90. The van der Waals surface area contributed by atoms with Crippen molar-refractivity contribution < 1.29 is 29.1 Å². The fourth-order valence-electron chi connectivity index (χ4n) is 3.44. The number of rotatable bonds is 14. The summed E-state index contributed by atoms with van der Waals surface area (Å²) in [7, 11) is 1.50. The second kappa shape index (κ2) is 14.5. The lowest BCUT2D eigenvalue weighted by Gasteiger charge is -2.22. The van der Waals surface area contributed by atoms with Gasteiger partial charge in [-0.05, 0) is 49.6 Å². The van der Waals surface area contributed by atoms with E-state index in [1.165, 1.54) is 7.05 Å². The van der Waals surface area contributed by atoms with Crippen LogP contribution in [0, 0.1) is 5.92 Å². The fraction of sp³-hybridized carbons (Fsp3) is 0.400. The van der Waals surface area contributed by atoms with Crippen LogP contribution >= 0.6 is 0 Å². The van der Waals surface area contributed by atoms with Crippen LogP contribution in [0.1, 0.15) is 31.7 Å². The van der Waals surface area contributed by atoms with Crippen molar-refractivity contribution in [3.63, 3.8) is 0 Å². The Morgan fingerprint density at radius 2 is 1.59 bits per heavy atom. The first-order valence-electron chi connectivity index (χ1n) is 11.3. The predicted octanol–water partition coefficient (Wildman–Crippen LogP) is 2.23. The van der Waals surface area contributed by atoms with Gasteiger partial charge in [-0.2, -0.15) is 0 Å². The van der Waals surface area contributed by atoms with Crippen molar-refractivity contribution in [1.82, 2.24) is 16.1 Å². The Hall–Kier alpha value is -3.59. The third-order valence-electron chi connectivity index (χ3n) is 5.19. The summed E-state index contributed by atoms with van der Waals surface area (Å²) in [6, 6.07) is 15.8. The Kier molecular flexibility index (Phi) is 11.4. The van der Waals surface area contributed by atoms with Gasteiger partial charge in [-0.15, -0.1) is 0 Å². The van der Waals surface area contributed by atoms with Gasteiger partial charge in [-0.3, -0.25) is 19.6 Å². The molecule has 184 valence electrons. The van der Waals surface area contributed by atoms with Gasteiger partial charge in [0.25, 0.3) is 0 Å². The molecule has 0 spiro atoms. The minimum absolute atomic E-state index is 0.211. The molecule has 0 saturated carbocycles. The fourth-order valence-corrected chi connectivity index (χ4v) is 3.44. The maximum atomic E-state index is 13.0. The van der Waals surface area contributed by atoms with Crippen molar-refractivity contribution in [2.45, 2.75) is 38.6 Å². The molecule has 9 nitrogen and oxygen atoms in total. The van der Waals surface area contributed by atoms with Gasteiger partial charge in [-0.1, -0.05) is 30.3 Å². The number of nitrogens with one attached hydrogen (secondary N) is 3. The number of hydroxylamine groups is 1. The molecule has 0 aliphatic rings. The van der Waals surface area contributed by atoms with Crippen molar-refractivity contribution in [3.8, 4) is 11.5 Å². The zero-order chi connectivity index (χ0) is 24.8. The second-order valence-corrected chi connectivity index (χ2v) is 7.70. The summed E-state index contributed by atoms with van der Waals surface area (Å²) in [5, 5.41) is 14.2. The number of benzene rings is 2. The molecule has 0 bridgehead atoms. The standard InChI is InChI=1S/C25H33N3O6/c1-3-33-20-11-13-21(14-12-20)34-15-7-10-19(17-23(29)28-32)24(30)27-22(25(31)26-2)16-18-8-5-4-6-9-18/h4-6,8-9,11-14,19,22,32H,3,7,10,15-17H2,1-2H3,(H,26,31)(H,27,30)(H,28,29)/t19-,22+/m1/s1. The normalized spacial score (nSPS) is 12.2. The zero-order valence-electron chi connectivity index (χ0n) is 19.6. The van der Waals surface area contributed by atoms with Gasteiger partial charge < -0.3 is 20.1 Å². The Labute approximate surface area is 199 Å². The van der Waals surface area contributed by atoms with E-state index in [1.807, 2.05) is 49.4 Å². The van der Waals surface area contributed by atoms with Crippen LogP contribution in [0.4, 0.5) is 0 Å². The maximum Gasteiger partial charge on any atom is 0.244 e. The van der Waals surface area contributed by atoms with Crippen LogP contribution in [-0.4, -0.2) is 49.2 Å². The summed E-state index contributed by atoms with van der Waals surface area (Å²) < 4.78 is 11.1. The highest BCUT2D eigenvalue weighted by atomic mass is 16.5. The number of amides is 3. The predicted molar refractivity (Wildman–Crippen MR) is 127 cm³/mol. The van der Waals surface area contributed by atoms with Crippen molar-refractivity contribution >= 4 is 17.7 Å². The van der Waals surface area contributed by atoms with Gasteiger partial charge in [0.05, 0.1) is 13.2 Å². The van der Waals surface area contributed by atoms with Crippen LogP contribution in [0.15, 0.2) is 54.6 Å². The van der Waals surface area contributed by atoms with E-state index in [-0.39, 0.29) is 12.3 Å². The number of carbonyl (C=O) groups is 3. The second-order valence-electron chi connectivity index (χ2n) is 7.70. The van der Waals surface area contributed by atoms with Crippen LogP contribution in [-0.2, 0) is 20.8 Å². The van der Waals surface area contributed by atoms with Crippen LogP contribution in [0.5, 0.6) is 11.5 Å². The van der Waals surface area contributed by atoms with Crippen molar-refractivity contribution in [3.05, 3.63) is 60.2 Å². The van der Waals surface area contributed by atoms with E-state index in [0.717, 1.165) is 11.3 Å². The molecule has 0 heterocycles. The molecule has 0 fully saturated rings. The average molecular weight is 472 g/mol. The Balaban J connectivity index is 1.95. The lowest BCUT2D eigenvalue weighted by atomic mass is 9.96.